The number of esters is 1. The Morgan fingerprint density at radius 3 is 2.32 bits per heavy atom. The van der Waals surface area contributed by atoms with E-state index >= 15 is 0 Å². The number of carbonyl (C=O) groups is 1. The van der Waals surface area contributed by atoms with Gasteiger partial charge in [-0.25, -0.2) is 4.79 Å². The number of hydrogen-bond acceptors (Lipinski definition) is 6. The minimum absolute atomic E-state index is 0.0888. The van der Waals surface area contributed by atoms with E-state index in [0.29, 0.717) is 0 Å². The summed E-state index contributed by atoms with van der Waals surface area (Å²) in [6, 6.07) is 0. The van der Waals surface area contributed by atoms with Crippen LogP contribution in [0.3, 0.4) is 0 Å². The fraction of sp³-hybridized carbons (Fsp3) is 0.583. The Balaban J connectivity index is 4.86. The summed E-state index contributed by atoms with van der Waals surface area (Å²) in [4.78, 5) is 11.4. The zero-order valence-corrected chi connectivity index (χ0v) is 12.3. The SMILES string of the molecule is C#CCO/C(=C/CP(=O)(OCC)OCC)C(=O)OC. The zero-order chi connectivity index (χ0) is 14.7. The highest BCUT2D eigenvalue weighted by atomic mass is 31.2. The Morgan fingerprint density at radius 2 is 1.89 bits per heavy atom. The highest BCUT2D eigenvalue weighted by Crippen LogP contribution is 2.48. The number of hydrogen-bond donors (Lipinski definition) is 0. The van der Waals surface area contributed by atoms with Crippen molar-refractivity contribution in [3.8, 4) is 12.3 Å². The van der Waals surface area contributed by atoms with Gasteiger partial charge in [0.1, 0.15) is 6.61 Å². The summed E-state index contributed by atoms with van der Waals surface area (Å²) in [5, 5.41) is 0. The van der Waals surface area contributed by atoms with Crippen LogP contribution in [0.2, 0.25) is 0 Å². The van der Waals surface area contributed by atoms with Crippen molar-refractivity contribution in [2.24, 2.45) is 0 Å². The lowest BCUT2D eigenvalue weighted by Gasteiger charge is -2.15. The number of carbonyl (C=O) groups excluding carboxylic acids is 1. The van der Waals surface area contributed by atoms with Gasteiger partial charge >= 0.3 is 13.6 Å². The van der Waals surface area contributed by atoms with Crippen molar-refractivity contribution < 1.29 is 27.9 Å². The van der Waals surface area contributed by atoms with Crippen LogP contribution in [0.25, 0.3) is 0 Å². The second-order valence-electron chi connectivity index (χ2n) is 3.18. The van der Waals surface area contributed by atoms with Crippen LogP contribution in [0, 0.1) is 12.3 Å². The van der Waals surface area contributed by atoms with Crippen LogP contribution in [0.15, 0.2) is 11.8 Å². The van der Waals surface area contributed by atoms with E-state index in [1.165, 1.54) is 13.2 Å². The maximum Gasteiger partial charge on any atom is 0.373 e. The molecule has 0 saturated carbocycles. The van der Waals surface area contributed by atoms with Crippen LogP contribution in [-0.4, -0.2) is 39.1 Å². The summed E-state index contributed by atoms with van der Waals surface area (Å²) in [5.74, 6) is 1.41. The van der Waals surface area contributed by atoms with E-state index in [2.05, 4.69) is 10.7 Å². The number of ether oxygens (including phenoxy) is 2. The predicted octanol–water partition coefficient (Wildman–Crippen LogP) is 1.96. The number of terminal acetylenes is 1. The van der Waals surface area contributed by atoms with Crippen molar-refractivity contribution in [3.05, 3.63) is 11.8 Å². The molecule has 7 heteroatoms. The first-order chi connectivity index (χ1) is 9.02. The highest BCUT2D eigenvalue weighted by molar-refractivity contribution is 7.54. The van der Waals surface area contributed by atoms with Crippen molar-refractivity contribution in [3.63, 3.8) is 0 Å². The molecule has 0 aliphatic rings. The molecular formula is C12H19O6P. The molecule has 0 unspecified atom stereocenters. The first kappa shape index (κ1) is 17.7. The Morgan fingerprint density at radius 1 is 1.32 bits per heavy atom. The molecule has 19 heavy (non-hydrogen) atoms. The molecule has 0 fully saturated rings. The molecule has 0 aromatic carbocycles. The van der Waals surface area contributed by atoms with Gasteiger partial charge in [0.2, 0.25) is 5.76 Å². The summed E-state index contributed by atoms with van der Waals surface area (Å²) < 4.78 is 31.9. The monoisotopic (exact) mass is 290 g/mol. The van der Waals surface area contributed by atoms with Crippen molar-refractivity contribution in [2.75, 3.05) is 33.1 Å². The summed E-state index contributed by atoms with van der Waals surface area (Å²) in [6.07, 6.45) is 6.24. The van der Waals surface area contributed by atoms with Gasteiger partial charge in [-0.3, -0.25) is 4.57 Å². The lowest BCUT2D eigenvalue weighted by Crippen LogP contribution is -2.10. The van der Waals surface area contributed by atoms with Gasteiger partial charge in [-0.05, 0) is 19.9 Å². The lowest BCUT2D eigenvalue weighted by molar-refractivity contribution is -0.139. The molecule has 0 saturated heterocycles. The van der Waals surface area contributed by atoms with Crippen LogP contribution in [-0.2, 0) is 27.9 Å². The zero-order valence-electron chi connectivity index (χ0n) is 11.4. The second-order valence-corrected chi connectivity index (χ2v) is 5.29. The smallest absolute Gasteiger partial charge is 0.373 e. The van der Waals surface area contributed by atoms with Crippen LogP contribution in [0.5, 0.6) is 0 Å². The second kappa shape index (κ2) is 9.62. The van der Waals surface area contributed by atoms with E-state index in [1.807, 2.05) is 0 Å². The molecule has 0 spiro atoms. The van der Waals surface area contributed by atoms with Crippen molar-refractivity contribution in [2.45, 2.75) is 13.8 Å². The molecule has 0 bridgehead atoms. The van der Waals surface area contributed by atoms with Gasteiger partial charge in [-0.1, -0.05) is 5.92 Å². The van der Waals surface area contributed by atoms with Gasteiger partial charge in [0.15, 0.2) is 0 Å². The van der Waals surface area contributed by atoms with E-state index in [1.54, 1.807) is 13.8 Å². The first-order valence-electron chi connectivity index (χ1n) is 5.75. The minimum atomic E-state index is -3.27. The van der Waals surface area contributed by atoms with Crippen molar-refractivity contribution >= 4 is 13.6 Å². The Hall–Kier alpha value is -1.28. The average Bonchev–Trinajstić information content (AvgIpc) is 2.38. The minimum Gasteiger partial charge on any atom is -0.474 e. The third-order valence-electron chi connectivity index (χ3n) is 1.85. The molecule has 0 heterocycles. The fourth-order valence-electron chi connectivity index (χ4n) is 1.15. The quantitative estimate of drug-likeness (QED) is 0.212. The van der Waals surface area contributed by atoms with Gasteiger partial charge in [-0.15, -0.1) is 6.42 Å². The normalized spacial score (nSPS) is 11.8. The third kappa shape index (κ3) is 7.02. The highest BCUT2D eigenvalue weighted by Gasteiger charge is 2.23. The molecule has 0 rings (SSSR count). The van der Waals surface area contributed by atoms with Gasteiger partial charge in [0.05, 0.1) is 26.5 Å². The summed E-state index contributed by atoms with van der Waals surface area (Å²) in [6.45, 7) is 3.79. The summed E-state index contributed by atoms with van der Waals surface area (Å²) in [7, 11) is -2.06. The predicted molar refractivity (Wildman–Crippen MR) is 70.6 cm³/mol. The fourth-order valence-corrected chi connectivity index (χ4v) is 2.61. The average molecular weight is 290 g/mol. The maximum absolute atomic E-state index is 12.2. The topological polar surface area (TPSA) is 71.1 Å². The third-order valence-corrected chi connectivity index (χ3v) is 3.78. The number of methoxy groups -OCH3 is 1. The summed E-state index contributed by atoms with van der Waals surface area (Å²) in [5.41, 5.74) is 0. The van der Waals surface area contributed by atoms with Crippen LogP contribution >= 0.6 is 7.60 Å². The Labute approximate surface area is 113 Å². The molecule has 0 radical (unpaired) electrons. The first-order valence-corrected chi connectivity index (χ1v) is 7.48. The Kier molecular flexibility index (Phi) is 8.98. The molecule has 0 N–H and O–H groups in total. The molecule has 0 aliphatic carbocycles. The molecular weight excluding hydrogens is 271 g/mol. The molecule has 0 aromatic heterocycles. The summed E-state index contributed by atoms with van der Waals surface area (Å²) >= 11 is 0. The molecule has 0 aromatic rings. The van der Waals surface area contributed by atoms with Crippen LogP contribution in [0.4, 0.5) is 0 Å². The van der Waals surface area contributed by atoms with Gasteiger partial charge in [0, 0.05) is 0 Å². The largest absolute Gasteiger partial charge is 0.474 e. The standard InChI is InChI=1S/C12H19O6P/c1-5-9-16-11(12(13)15-4)8-10-19(14,17-6-2)18-7-3/h1,8H,6-7,9-10H2,2-4H3/b11-8+. The lowest BCUT2D eigenvalue weighted by atomic mass is 10.4. The van der Waals surface area contributed by atoms with Gasteiger partial charge in [0.25, 0.3) is 0 Å². The van der Waals surface area contributed by atoms with E-state index < -0.39 is 13.6 Å². The van der Waals surface area contributed by atoms with Crippen LogP contribution in [0.1, 0.15) is 13.8 Å². The molecule has 6 nitrogen and oxygen atoms in total. The number of allylic oxidation sites excluding steroid dienone is 1. The van der Waals surface area contributed by atoms with Gasteiger partial charge < -0.3 is 18.5 Å². The van der Waals surface area contributed by atoms with Crippen LogP contribution < -0.4 is 0 Å². The molecule has 0 atom stereocenters. The van der Waals surface area contributed by atoms with E-state index in [0.717, 1.165) is 0 Å². The van der Waals surface area contributed by atoms with E-state index in [9.17, 15) is 9.36 Å². The Bertz CT molecular complexity index is 386. The van der Waals surface area contributed by atoms with Gasteiger partial charge in [-0.2, -0.15) is 0 Å². The van der Waals surface area contributed by atoms with E-state index in [4.69, 9.17) is 20.2 Å². The maximum atomic E-state index is 12.2. The number of rotatable bonds is 9. The van der Waals surface area contributed by atoms with E-state index in [-0.39, 0.29) is 31.7 Å². The van der Waals surface area contributed by atoms with Crippen molar-refractivity contribution in [1.82, 2.24) is 0 Å². The van der Waals surface area contributed by atoms with Crippen molar-refractivity contribution in [1.29, 1.82) is 0 Å². The molecule has 0 amide bonds. The molecule has 108 valence electrons. The molecule has 0 aliphatic heterocycles.